The van der Waals surface area contributed by atoms with E-state index in [0.717, 1.165) is 0 Å². The fourth-order valence-electron chi connectivity index (χ4n) is 1.56. The standard InChI is InChI=1S/C13H16ClNO4/c1-15(7-3-4-12(17)19-2)13(18)10-6-5-9(14)8-11(10)16/h5-6,8,16H,3-4,7H2,1-2H3. The predicted octanol–water partition coefficient (Wildman–Crippen LogP) is 2.07. The third kappa shape index (κ3) is 4.44. The second-order valence-corrected chi connectivity index (χ2v) is 4.50. The first-order chi connectivity index (χ1) is 8.95. The summed E-state index contributed by atoms with van der Waals surface area (Å²) in [6.07, 6.45) is 0.754. The number of rotatable bonds is 5. The summed E-state index contributed by atoms with van der Waals surface area (Å²) < 4.78 is 4.51. The van der Waals surface area contributed by atoms with Crippen LogP contribution in [0.1, 0.15) is 23.2 Å². The van der Waals surface area contributed by atoms with E-state index in [1.165, 1.54) is 30.2 Å². The largest absolute Gasteiger partial charge is 0.507 e. The molecular formula is C13H16ClNO4. The van der Waals surface area contributed by atoms with Crippen LogP contribution in [0.2, 0.25) is 5.02 Å². The third-order valence-electron chi connectivity index (χ3n) is 2.64. The molecule has 0 aliphatic heterocycles. The minimum atomic E-state index is -0.320. The molecule has 0 aliphatic rings. The Morgan fingerprint density at radius 1 is 1.42 bits per heavy atom. The molecule has 0 spiro atoms. The van der Waals surface area contributed by atoms with Crippen LogP contribution < -0.4 is 0 Å². The molecular weight excluding hydrogens is 270 g/mol. The van der Waals surface area contributed by atoms with Gasteiger partial charge < -0.3 is 14.7 Å². The Kier molecular flexibility index (Phi) is 5.63. The number of hydrogen-bond acceptors (Lipinski definition) is 4. The highest BCUT2D eigenvalue weighted by molar-refractivity contribution is 6.30. The summed E-state index contributed by atoms with van der Waals surface area (Å²) in [4.78, 5) is 24.4. The van der Waals surface area contributed by atoms with E-state index in [0.29, 0.717) is 18.0 Å². The highest BCUT2D eigenvalue weighted by atomic mass is 35.5. The number of halogens is 1. The summed E-state index contributed by atoms with van der Waals surface area (Å²) in [6.45, 7) is 0.399. The monoisotopic (exact) mass is 285 g/mol. The molecule has 1 rings (SSSR count). The Labute approximate surface area is 116 Å². The SMILES string of the molecule is COC(=O)CCCN(C)C(=O)c1ccc(Cl)cc1O. The fourth-order valence-corrected chi connectivity index (χ4v) is 1.72. The van der Waals surface area contributed by atoms with Crippen molar-refractivity contribution in [1.29, 1.82) is 0 Å². The number of hydrogen-bond donors (Lipinski definition) is 1. The number of phenolic OH excluding ortho intramolecular Hbond substituents is 1. The van der Waals surface area contributed by atoms with E-state index in [4.69, 9.17) is 11.6 Å². The average Bonchev–Trinajstić information content (AvgIpc) is 2.37. The number of amides is 1. The molecule has 0 fully saturated rings. The molecule has 6 heteroatoms. The van der Waals surface area contributed by atoms with E-state index in [-0.39, 0.29) is 29.6 Å². The number of carbonyl (C=O) groups is 2. The van der Waals surface area contributed by atoms with Gasteiger partial charge in [0.05, 0.1) is 12.7 Å². The van der Waals surface area contributed by atoms with Crippen LogP contribution in [0.3, 0.4) is 0 Å². The smallest absolute Gasteiger partial charge is 0.305 e. The fraction of sp³-hybridized carbons (Fsp3) is 0.385. The van der Waals surface area contributed by atoms with Crippen LogP contribution in [0.5, 0.6) is 5.75 Å². The zero-order valence-electron chi connectivity index (χ0n) is 10.9. The van der Waals surface area contributed by atoms with Gasteiger partial charge in [-0.05, 0) is 24.6 Å². The van der Waals surface area contributed by atoms with E-state index in [9.17, 15) is 14.7 Å². The van der Waals surface area contributed by atoms with Crippen molar-refractivity contribution < 1.29 is 19.4 Å². The second-order valence-electron chi connectivity index (χ2n) is 4.07. The molecule has 0 atom stereocenters. The van der Waals surface area contributed by atoms with Crippen molar-refractivity contribution in [2.75, 3.05) is 20.7 Å². The summed E-state index contributed by atoms with van der Waals surface area (Å²) in [5, 5.41) is 10.0. The summed E-state index contributed by atoms with van der Waals surface area (Å²) >= 11 is 5.70. The third-order valence-corrected chi connectivity index (χ3v) is 2.87. The second kappa shape index (κ2) is 6.99. The number of methoxy groups -OCH3 is 1. The van der Waals surface area contributed by atoms with Crippen LogP contribution in [0.15, 0.2) is 18.2 Å². The minimum absolute atomic E-state index is 0.155. The molecule has 19 heavy (non-hydrogen) atoms. The molecule has 1 aromatic carbocycles. The van der Waals surface area contributed by atoms with Crippen LogP contribution in [-0.4, -0.2) is 42.6 Å². The van der Waals surface area contributed by atoms with Gasteiger partial charge in [0, 0.05) is 25.0 Å². The average molecular weight is 286 g/mol. The van der Waals surface area contributed by atoms with E-state index in [1.54, 1.807) is 7.05 Å². The summed E-state index contributed by atoms with van der Waals surface area (Å²) in [6, 6.07) is 4.32. The molecule has 0 saturated heterocycles. The van der Waals surface area contributed by atoms with Gasteiger partial charge >= 0.3 is 5.97 Å². The zero-order valence-corrected chi connectivity index (χ0v) is 11.6. The maximum absolute atomic E-state index is 12.0. The van der Waals surface area contributed by atoms with Gasteiger partial charge in [0.2, 0.25) is 0 Å². The first-order valence-corrected chi connectivity index (χ1v) is 6.14. The van der Waals surface area contributed by atoms with Crippen molar-refractivity contribution >= 4 is 23.5 Å². The molecule has 0 aliphatic carbocycles. The van der Waals surface area contributed by atoms with Gasteiger partial charge in [-0.1, -0.05) is 11.6 Å². The van der Waals surface area contributed by atoms with E-state index < -0.39 is 0 Å². The zero-order chi connectivity index (χ0) is 14.4. The lowest BCUT2D eigenvalue weighted by Gasteiger charge is -2.17. The van der Waals surface area contributed by atoms with Gasteiger partial charge in [-0.25, -0.2) is 0 Å². The Morgan fingerprint density at radius 2 is 2.11 bits per heavy atom. The van der Waals surface area contributed by atoms with E-state index in [1.807, 2.05) is 0 Å². The minimum Gasteiger partial charge on any atom is -0.507 e. The van der Waals surface area contributed by atoms with Gasteiger partial charge in [0.15, 0.2) is 0 Å². The lowest BCUT2D eigenvalue weighted by atomic mass is 10.1. The predicted molar refractivity (Wildman–Crippen MR) is 71.3 cm³/mol. The molecule has 104 valence electrons. The Balaban J connectivity index is 2.59. The van der Waals surface area contributed by atoms with Crippen LogP contribution >= 0.6 is 11.6 Å². The molecule has 1 N–H and O–H groups in total. The van der Waals surface area contributed by atoms with E-state index in [2.05, 4.69) is 4.74 Å². The van der Waals surface area contributed by atoms with Gasteiger partial charge in [0.1, 0.15) is 5.75 Å². The molecule has 0 bridgehead atoms. The molecule has 0 unspecified atom stereocenters. The van der Waals surface area contributed by atoms with Crippen LogP contribution in [0.25, 0.3) is 0 Å². The highest BCUT2D eigenvalue weighted by Crippen LogP contribution is 2.23. The summed E-state index contributed by atoms with van der Waals surface area (Å²) in [5.41, 5.74) is 0.185. The van der Waals surface area contributed by atoms with Crippen molar-refractivity contribution in [1.82, 2.24) is 4.90 Å². The molecule has 0 saturated carbocycles. The lowest BCUT2D eigenvalue weighted by molar-refractivity contribution is -0.140. The molecule has 0 aromatic heterocycles. The highest BCUT2D eigenvalue weighted by Gasteiger charge is 2.16. The Morgan fingerprint density at radius 3 is 2.68 bits per heavy atom. The number of ether oxygens (including phenoxy) is 1. The van der Waals surface area contributed by atoms with Gasteiger partial charge in [-0.2, -0.15) is 0 Å². The quantitative estimate of drug-likeness (QED) is 0.841. The van der Waals surface area contributed by atoms with Gasteiger partial charge in [-0.15, -0.1) is 0 Å². The van der Waals surface area contributed by atoms with Crippen molar-refractivity contribution in [2.45, 2.75) is 12.8 Å². The van der Waals surface area contributed by atoms with Crippen molar-refractivity contribution in [3.63, 3.8) is 0 Å². The van der Waals surface area contributed by atoms with E-state index >= 15 is 0 Å². The van der Waals surface area contributed by atoms with Gasteiger partial charge in [0.25, 0.3) is 5.91 Å². The Bertz CT molecular complexity index is 476. The number of aromatic hydroxyl groups is 1. The first-order valence-electron chi connectivity index (χ1n) is 5.76. The number of carbonyl (C=O) groups excluding carboxylic acids is 2. The topological polar surface area (TPSA) is 66.8 Å². The molecule has 1 amide bonds. The van der Waals surface area contributed by atoms with Crippen molar-refractivity contribution in [3.8, 4) is 5.75 Å². The number of nitrogens with zero attached hydrogens (tertiary/aromatic N) is 1. The van der Waals surface area contributed by atoms with Crippen molar-refractivity contribution in [2.24, 2.45) is 0 Å². The molecule has 5 nitrogen and oxygen atoms in total. The summed E-state index contributed by atoms with van der Waals surface area (Å²) in [7, 11) is 2.93. The molecule has 0 radical (unpaired) electrons. The van der Waals surface area contributed by atoms with Gasteiger partial charge in [-0.3, -0.25) is 9.59 Å². The number of phenols is 1. The molecule has 1 aromatic rings. The van der Waals surface area contributed by atoms with Crippen LogP contribution in [-0.2, 0) is 9.53 Å². The lowest BCUT2D eigenvalue weighted by Crippen LogP contribution is -2.28. The number of esters is 1. The number of benzene rings is 1. The van der Waals surface area contributed by atoms with Crippen LogP contribution in [0, 0.1) is 0 Å². The summed E-state index contributed by atoms with van der Waals surface area (Å²) in [5.74, 6) is -0.786. The molecule has 0 heterocycles. The first kappa shape index (κ1) is 15.3. The van der Waals surface area contributed by atoms with Crippen molar-refractivity contribution in [3.05, 3.63) is 28.8 Å². The Hall–Kier alpha value is -1.75. The normalized spacial score (nSPS) is 10.1. The maximum atomic E-state index is 12.0. The maximum Gasteiger partial charge on any atom is 0.305 e. The van der Waals surface area contributed by atoms with Crippen LogP contribution in [0.4, 0.5) is 0 Å².